The van der Waals surface area contributed by atoms with E-state index in [1.807, 2.05) is 56.3 Å². The topological polar surface area (TPSA) is 55.8 Å². The molecule has 26 heavy (non-hydrogen) atoms. The Labute approximate surface area is 153 Å². The third-order valence-electron chi connectivity index (χ3n) is 4.71. The van der Waals surface area contributed by atoms with Crippen molar-refractivity contribution < 1.29 is 19.1 Å². The molecule has 136 valence electrons. The van der Waals surface area contributed by atoms with Gasteiger partial charge in [-0.15, -0.1) is 0 Å². The average Bonchev–Trinajstić information content (AvgIpc) is 3.06. The van der Waals surface area contributed by atoms with E-state index >= 15 is 0 Å². The summed E-state index contributed by atoms with van der Waals surface area (Å²) >= 11 is 0. The quantitative estimate of drug-likeness (QED) is 0.775. The highest BCUT2D eigenvalue weighted by molar-refractivity contribution is 5.99. The lowest BCUT2D eigenvalue weighted by Crippen LogP contribution is -2.39. The van der Waals surface area contributed by atoms with E-state index in [1.54, 1.807) is 11.8 Å². The van der Waals surface area contributed by atoms with Crippen LogP contribution in [0.2, 0.25) is 0 Å². The maximum Gasteiger partial charge on any atom is 0.344 e. The molecular formula is C21H23NO4. The standard InChI is InChI=1S/C21H23NO4/c1-14-7-6-10-19(15(14)2)25-13-20(23)26-16(3)21(24)22-12-11-17-8-4-5-9-18(17)22/h4-10,16H,11-13H2,1-3H3/t16-/m0/s1. The molecule has 1 atom stereocenters. The Kier molecular flexibility index (Phi) is 5.26. The Morgan fingerprint density at radius 2 is 1.88 bits per heavy atom. The number of aryl methyl sites for hydroxylation is 1. The lowest BCUT2D eigenvalue weighted by atomic mass is 10.1. The lowest BCUT2D eigenvalue weighted by Gasteiger charge is -2.21. The van der Waals surface area contributed by atoms with Crippen molar-refractivity contribution in [2.45, 2.75) is 33.3 Å². The van der Waals surface area contributed by atoms with Crippen LogP contribution in [0.3, 0.4) is 0 Å². The van der Waals surface area contributed by atoms with Crippen LogP contribution in [0.1, 0.15) is 23.6 Å². The first-order valence-corrected chi connectivity index (χ1v) is 8.75. The van der Waals surface area contributed by atoms with Gasteiger partial charge in [0.25, 0.3) is 5.91 Å². The number of ether oxygens (including phenoxy) is 2. The number of hydrogen-bond acceptors (Lipinski definition) is 4. The normalized spacial score (nSPS) is 13.9. The van der Waals surface area contributed by atoms with E-state index in [4.69, 9.17) is 9.47 Å². The average molecular weight is 353 g/mol. The Bertz CT molecular complexity index is 831. The minimum absolute atomic E-state index is 0.213. The summed E-state index contributed by atoms with van der Waals surface area (Å²) in [5.74, 6) is -0.122. The van der Waals surface area contributed by atoms with E-state index in [0.717, 1.165) is 28.8 Å². The van der Waals surface area contributed by atoms with Gasteiger partial charge >= 0.3 is 5.97 Å². The van der Waals surface area contributed by atoms with Gasteiger partial charge in [0.2, 0.25) is 0 Å². The number of anilines is 1. The summed E-state index contributed by atoms with van der Waals surface area (Å²) in [7, 11) is 0. The highest BCUT2D eigenvalue weighted by Crippen LogP contribution is 2.28. The molecule has 0 saturated carbocycles. The van der Waals surface area contributed by atoms with Crippen LogP contribution < -0.4 is 9.64 Å². The molecule has 1 heterocycles. The number of amides is 1. The number of para-hydroxylation sites is 1. The van der Waals surface area contributed by atoms with Gasteiger partial charge in [-0.2, -0.15) is 0 Å². The number of benzene rings is 2. The largest absolute Gasteiger partial charge is 0.482 e. The predicted molar refractivity (Wildman–Crippen MR) is 99.5 cm³/mol. The smallest absolute Gasteiger partial charge is 0.344 e. The Hall–Kier alpha value is -2.82. The zero-order valence-electron chi connectivity index (χ0n) is 15.3. The maximum absolute atomic E-state index is 12.6. The highest BCUT2D eigenvalue weighted by Gasteiger charge is 2.29. The van der Waals surface area contributed by atoms with Crippen molar-refractivity contribution >= 4 is 17.6 Å². The zero-order chi connectivity index (χ0) is 18.7. The zero-order valence-corrected chi connectivity index (χ0v) is 15.3. The monoisotopic (exact) mass is 353 g/mol. The van der Waals surface area contributed by atoms with Crippen LogP contribution in [-0.2, 0) is 20.7 Å². The molecule has 0 saturated heterocycles. The Morgan fingerprint density at radius 3 is 2.69 bits per heavy atom. The Balaban J connectivity index is 1.56. The van der Waals surface area contributed by atoms with Gasteiger partial charge < -0.3 is 14.4 Å². The van der Waals surface area contributed by atoms with Gasteiger partial charge in [-0.25, -0.2) is 4.79 Å². The molecule has 0 radical (unpaired) electrons. The van der Waals surface area contributed by atoms with Crippen molar-refractivity contribution in [3.05, 3.63) is 59.2 Å². The molecule has 0 aliphatic carbocycles. The first-order chi connectivity index (χ1) is 12.5. The number of hydrogen-bond donors (Lipinski definition) is 0. The molecule has 0 N–H and O–H groups in total. The summed E-state index contributed by atoms with van der Waals surface area (Å²) < 4.78 is 10.8. The molecule has 5 nitrogen and oxygen atoms in total. The van der Waals surface area contributed by atoms with E-state index in [0.29, 0.717) is 12.3 Å². The summed E-state index contributed by atoms with van der Waals surface area (Å²) in [5, 5.41) is 0. The van der Waals surface area contributed by atoms with Gasteiger partial charge in [0.1, 0.15) is 5.75 Å². The number of nitrogens with zero attached hydrogens (tertiary/aromatic N) is 1. The van der Waals surface area contributed by atoms with Crippen molar-refractivity contribution in [2.24, 2.45) is 0 Å². The summed E-state index contributed by atoms with van der Waals surface area (Å²) in [6.45, 7) is 5.90. The van der Waals surface area contributed by atoms with Crippen LogP contribution in [0.15, 0.2) is 42.5 Å². The summed E-state index contributed by atoms with van der Waals surface area (Å²) in [6, 6.07) is 13.5. The second-order valence-corrected chi connectivity index (χ2v) is 6.49. The van der Waals surface area contributed by atoms with Crippen molar-refractivity contribution in [3.8, 4) is 5.75 Å². The molecule has 0 fully saturated rings. The second kappa shape index (κ2) is 7.60. The van der Waals surface area contributed by atoms with Crippen molar-refractivity contribution in [1.82, 2.24) is 0 Å². The third-order valence-corrected chi connectivity index (χ3v) is 4.71. The van der Waals surface area contributed by atoms with Crippen LogP contribution in [-0.4, -0.2) is 31.1 Å². The van der Waals surface area contributed by atoms with E-state index in [1.165, 1.54) is 0 Å². The molecule has 5 heteroatoms. The molecule has 1 aliphatic rings. The predicted octanol–water partition coefficient (Wildman–Crippen LogP) is 3.20. The van der Waals surface area contributed by atoms with E-state index in [2.05, 4.69) is 0 Å². The molecule has 0 aromatic heterocycles. The van der Waals surface area contributed by atoms with Gasteiger partial charge in [0, 0.05) is 12.2 Å². The van der Waals surface area contributed by atoms with Gasteiger partial charge in [-0.1, -0.05) is 30.3 Å². The molecule has 1 amide bonds. The van der Waals surface area contributed by atoms with Gasteiger partial charge in [0.05, 0.1) is 0 Å². The number of rotatable bonds is 5. The Morgan fingerprint density at radius 1 is 1.12 bits per heavy atom. The molecule has 1 aliphatic heterocycles. The number of carbonyl (C=O) groups excluding carboxylic acids is 2. The molecule has 3 rings (SSSR count). The van der Waals surface area contributed by atoms with E-state index in [-0.39, 0.29) is 12.5 Å². The fraction of sp³-hybridized carbons (Fsp3) is 0.333. The first kappa shape index (κ1) is 18.0. The van der Waals surface area contributed by atoms with Crippen LogP contribution in [0.25, 0.3) is 0 Å². The van der Waals surface area contributed by atoms with Crippen LogP contribution >= 0.6 is 0 Å². The molecular weight excluding hydrogens is 330 g/mol. The molecule has 2 aromatic carbocycles. The minimum atomic E-state index is -0.851. The second-order valence-electron chi connectivity index (χ2n) is 6.49. The highest BCUT2D eigenvalue weighted by atomic mass is 16.6. The van der Waals surface area contributed by atoms with Crippen molar-refractivity contribution in [3.63, 3.8) is 0 Å². The SMILES string of the molecule is Cc1cccc(OCC(=O)O[C@@H](C)C(=O)N2CCc3ccccc32)c1C. The number of carbonyl (C=O) groups is 2. The molecule has 0 spiro atoms. The van der Waals surface area contributed by atoms with Gasteiger partial charge in [0.15, 0.2) is 12.7 Å². The number of fused-ring (bicyclic) bond motifs is 1. The third kappa shape index (κ3) is 3.72. The maximum atomic E-state index is 12.6. The summed E-state index contributed by atoms with van der Waals surface area (Å²) in [5.41, 5.74) is 4.11. The fourth-order valence-electron chi connectivity index (χ4n) is 3.09. The van der Waals surface area contributed by atoms with Crippen LogP contribution in [0.4, 0.5) is 5.69 Å². The summed E-state index contributed by atoms with van der Waals surface area (Å²) in [4.78, 5) is 26.4. The van der Waals surface area contributed by atoms with Gasteiger partial charge in [-0.05, 0) is 56.0 Å². The van der Waals surface area contributed by atoms with Crippen LogP contribution in [0, 0.1) is 13.8 Å². The van der Waals surface area contributed by atoms with E-state index < -0.39 is 12.1 Å². The van der Waals surface area contributed by atoms with E-state index in [9.17, 15) is 9.59 Å². The minimum Gasteiger partial charge on any atom is -0.482 e. The molecule has 0 unspecified atom stereocenters. The fourth-order valence-corrected chi connectivity index (χ4v) is 3.09. The van der Waals surface area contributed by atoms with Crippen LogP contribution in [0.5, 0.6) is 5.75 Å². The molecule has 2 aromatic rings. The van der Waals surface area contributed by atoms with Crippen molar-refractivity contribution in [2.75, 3.05) is 18.1 Å². The first-order valence-electron chi connectivity index (χ1n) is 8.75. The number of esters is 1. The van der Waals surface area contributed by atoms with Gasteiger partial charge in [-0.3, -0.25) is 4.79 Å². The van der Waals surface area contributed by atoms with Crippen molar-refractivity contribution in [1.29, 1.82) is 0 Å². The molecule has 0 bridgehead atoms. The lowest BCUT2D eigenvalue weighted by molar-refractivity contribution is -0.155. The summed E-state index contributed by atoms with van der Waals surface area (Å²) in [6.07, 6.45) is -0.0333.